The number of carboxylic acid groups (broad SMARTS) is 1. The zero-order valence-corrected chi connectivity index (χ0v) is 12.0. The van der Waals surface area contributed by atoms with Crippen LogP contribution in [-0.2, 0) is 14.3 Å². The largest absolute Gasteiger partial charge is 0.481 e. The second kappa shape index (κ2) is 6.22. The molecule has 0 aliphatic heterocycles. The van der Waals surface area contributed by atoms with Gasteiger partial charge in [0.25, 0.3) is 0 Å². The molecule has 0 bridgehead atoms. The van der Waals surface area contributed by atoms with E-state index in [0.29, 0.717) is 12.3 Å². The van der Waals surface area contributed by atoms with Crippen LogP contribution in [0.15, 0.2) is 12.7 Å². The lowest BCUT2D eigenvalue weighted by Gasteiger charge is -2.25. The van der Waals surface area contributed by atoms with Gasteiger partial charge in [-0.2, -0.15) is 0 Å². The second-order valence-corrected chi connectivity index (χ2v) is 6.26. The summed E-state index contributed by atoms with van der Waals surface area (Å²) < 4.78 is 5.22. The van der Waals surface area contributed by atoms with Gasteiger partial charge >= 0.3 is 11.9 Å². The van der Waals surface area contributed by atoms with E-state index in [4.69, 9.17) is 4.74 Å². The highest BCUT2D eigenvalue weighted by atomic mass is 16.6. The molecule has 1 aliphatic carbocycles. The lowest BCUT2D eigenvalue weighted by atomic mass is 9.83. The molecule has 0 amide bonds. The van der Waals surface area contributed by atoms with Crippen LogP contribution in [0.1, 0.15) is 46.5 Å². The van der Waals surface area contributed by atoms with Crippen LogP contribution in [-0.4, -0.2) is 22.6 Å². The minimum Gasteiger partial charge on any atom is -0.481 e. The SMILES string of the molecule is C=CC[C@H](C1CC1)[C@H](CC(=O)OC(C)(C)C)C(=O)O. The van der Waals surface area contributed by atoms with Crippen molar-refractivity contribution >= 4 is 11.9 Å². The van der Waals surface area contributed by atoms with Crippen LogP contribution >= 0.6 is 0 Å². The van der Waals surface area contributed by atoms with E-state index in [0.717, 1.165) is 12.8 Å². The van der Waals surface area contributed by atoms with E-state index in [1.165, 1.54) is 0 Å². The van der Waals surface area contributed by atoms with Crippen molar-refractivity contribution in [1.29, 1.82) is 0 Å². The standard InChI is InChI=1S/C15H24O4/c1-5-6-11(10-7-8-10)12(14(17)18)9-13(16)19-15(2,3)4/h5,10-12H,1,6-9H2,2-4H3,(H,17,18)/t11-,12+/m1/s1. The summed E-state index contributed by atoms with van der Waals surface area (Å²) >= 11 is 0. The number of allylic oxidation sites excluding steroid dienone is 1. The fraction of sp³-hybridized carbons (Fsp3) is 0.733. The summed E-state index contributed by atoms with van der Waals surface area (Å²) in [5.74, 6) is -1.59. The summed E-state index contributed by atoms with van der Waals surface area (Å²) in [4.78, 5) is 23.2. The van der Waals surface area contributed by atoms with Crippen molar-refractivity contribution < 1.29 is 19.4 Å². The van der Waals surface area contributed by atoms with Crippen molar-refractivity contribution in [2.75, 3.05) is 0 Å². The van der Waals surface area contributed by atoms with Crippen LogP contribution in [0.5, 0.6) is 0 Å². The number of hydrogen-bond acceptors (Lipinski definition) is 3. The van der Waals surface area contributed by atoms with Gasteiger partial charge in [-0.05, 0) is 51.9 Å². The quantitative estimate of drug-likeness (QED) is 0.569. The molecule has 0 spiro atoms. The molecule has 1 fully saturated rings. The van der Waals surface area contributed by atoms with E-state index in [1.807, 2.05) is 0 Å². The molecule has 2 atom stereocenters. The van der Waals surface area contributed by atoms with Gasteiger partial charge in [-0.3, -0.25) is 9.59 Å². The Bertz CT molecular complexity index is 350. The fourth-order valence-corrected chi connectivity index (χ4v) is 2.39. The maximum absolute atomic E-state index is 11.8. The second-order valence-electron chi connectivity index (χ2n) is 6.26. The van der Waals surface area contributed by atoms with E-state index in [-0.39, 0.29) is 12.3 Å². The summed E-state index contributed by atoms with van der Waals surface area (Å²) in [5.41, 5.74) is -0.576. The number of esters is 1. The minimum atomic E-state index is -0.912. The summed E-state index contributed by atoms with van der Waals surface area (Å²) in [6, 6.07) is 0. The predicted octanol–water partition coefficient (Wildman–Crippen LogP) is 3.02. The summed E-state index contributed by atoms with van der Waals surface area (Å²) in [5, 5.41) is 9.35. The Morgan fingerprint density at radius 2 is 2.00 bits per heavy atom. The van der Waals surface area contributed by atoms with Crippen LogP contribution < -0.4 is 0 Å². The van der Waals surface area contributed by atoms with Crippen molar-refractivity contribution in [3.8, 4) is 0 Å². The molecule has 0 radical (unpaired) electrons. The summed E-state index contributed by atoms with van der Waals surface area (Å²) in [6.07, 6.45) is 4.44. The van der Waals surface area contributed by atoms with Gasteiger partial charge in [0.2, 0.25) is 0 Å². The number of carbonyl (C=O) groups excluding carboxylic acids is 1. The van der Waals surface area contributed by atoms with E-state index >= 15 is 0 Å². The van der Waals surface area contributed by atoms with Crippen LogP contribution in [0.25, 0.3) is 0 Å². The molecule has 0 aromatic carbocycles. The molecule has 0 saturated heterocycles. The van der Waals surface area contributed by atoms with Gasteiger partial charge in [0.05, 0.1) is 12.3 Å². The molecule has 1 aliphatic rings. The molecule has 108 valence electrons. The molecular weight excluding hydrogens is 244 g/mol. The van der Waals surface area contributed by atoms with Crippen molar-refractivity contribution in [3.63, 3.8) is 0 Å². The third kappa shape index (κ3) is 5.45. The van der Waals surface area contributed by atoms with Crippen molar-refractivity contribution in [3.05, 3.63) is 12.7 Å². The Labute approximate surface area is 114 Å². The molecule has 0 heterocycles. The smallest absolute Gasteiger partial charge is 0.307 e. The van der Waals surface area contributed by atoms with Gasteiger partial charge in [0, 0.05) is 0 Å². The molecule has 4 nitrogen and oxygen atoms in total. The first-order chi connectivity index (χ1) is 8.74. The topological polar surface area (TPSA) is 63.6 Å². The molecule has 1 N–H and O–H groups in total. The van der Waals surface area contributed by atoms with Crippen LogP contribution in [0.2, 0.25) is 0 Å². The number of carbonyl (C=O) groups is 2. The maximum atomic E-state index is 11.8. The van der Waals surface area contributed by atoms with Crippen molar-refractivity contribution in [1.82, 2.24) is 0 Å². The molecule has 0 aromatic heterocycles. The normalized spacial score (nSPS) is 18.5. The molecule has 1 saturated carbocycles. The van der Waals surface area contributed by atoms with Gasteiger partial charge in [-0.25, -0.2) is 0 Å². The van der Waals surface area contributed by atoms with Crippen molar-refractivity contribution in [2.24, 2.45) is 17.8 Å². The molecule has 0 aromatic rings. The first kappa shape index (κ1) is 15.7. The Morgan fingerprint density at radius 1 is 1.42 bits per heavy atom. The van der Waals surface area contributed by atoms with Gasteiger partial charge in [-0.15, -0.1) is 6.58 Å². The molecule has 0 unspecified atom stereocenters. The molecule has 19 heavy (non-hydrogen) atoms. The van der Waals surface area contributed by atoms with Crippen LogP contribution in [0, 0.1) is 17.8 Å². The van der Waals surface area contributed by atoms with Crippen LogP contribution in [0.4, 0.5) is 0 Å². The van der Waals surface area contributed by atoms with E-state index in [9.17, 15) is 14.7 Å². The van der Waals surface area contributed by atoms with Gasteiger partial charge in [0.1, 0.15) is 5.60 Å². The highest BCUT2D eigenvalue weighted by molar-refractivity contribution is 5.79. The molecule has 1 rings (SSSR count). The maximum Gasteiger partial charge on any atom is 0.307 e. The Morgan fingerprint density at radius 3 is 2.37 bits per heavy atom. The monoisotopic (exact) mass is 268 g/mol. The first-order valence-corrected chi connectivity index (χ1v) is 6.80. The van der Waals surface area contributed by atoms with Gasteiger partial charge < -0.3 is 9.84 Å². The van der Waals surface area contributed by atoms with E-state index in [2.05, 4.69) is 6.58 Å². The zero-order chi connectivity index (χ0) is 14.6. The molecular formula is C15H24O4. The number of rotatable bonds is 7. The number of hydrogen-bond donors (Lipinski definition) is 1. The number of aliphatic carboxylic acids is 1. The fourth-order valence-electron chi connectivity index (χ4n) is 2.39. The number of ether oxygens (including phenoxy) is 1. The lowest BCUT2D eigenvalue weighted by Crippen LogP contribution is -2.31. The van der Waals surface area contributed by atoms with E-state index in [1.54, 1.807) is 26.8 Å². The van der Waals surface area contributed by atoms with Crippen LogP contribution in [0.3, 0.4) is 0 Å². The Kier molecular flexibility index (Phi) is 5.15. The lowest BCUT2D eigenvalue weighted by molar-refractivity contribution is -0.161. The average Bonchev–Trinajstić information content (AvgIpc) is 3.03. The Balaban J connectivity index is 2.68. The minimum absolute atomic E-state index is 0.00233. The Hall–Kier alpha value is -1.32. The third-order valence-electron chi connectivity index (χ3n) is 3.31. The predicted molar refractivity (Wildman–Crippen MR) is 72.6 cm³/mol. The highest BCUT2D eigenvalue weighted by Crippen LogP contribution is 2.43. The third-order valence-corrected chi connectivity index (χ3v) is 3.31. The van der Waals surface area contributed by atoms with Gasteiger partial charge in [-0.1, -0.05) is 6.08 Å². The summed E-state index contributed by atoms with van der Waals surface area (Å²) in [7, 11) is 0. The van der Waals surface area contributed by atoms with Gasteiger partial charge in [0.15, 0.2) is 0 Å². The van der Waals surface area contributed by atoms with E-state index < -0.39 is 23.5 Å². The van der Waals surface area contributed by atoms with Crippen molar-refractivity contribution in [2.45, 2.75) is 52.1 Å². The highest BCUT2D eigenvalue weighted by Gasteiger charge is 2.40. The zero-order valence-electron chi connectivity index (χ0n) is 12.0. The summed E-state index contributed by atoms with van der Waals surface area (Å²) in [6.45, 7) is 9.02. The first-order valence-electron chi connectivity index (χ1n) is 6.80. The number of carboxylic acids is 1. The average molecular weight is 268 g/mol. The molecule has 4 heteroatoms.